The molecule has 0 aliphatic heterocycles. The second kappa shape index (κ2) is 6.33. The zero-order valence-corrected chi connectivity index (χ0v) is 14.0. The largest absolute Gasteiger partial charge is 0.366 e. The number of primary amides is 1. The van der Waals surface area contributed by atoms with E-state index in [9.17, 15) is 14.0 Å². The van der Waals surface area contributed by atoms with Crippen LogP contribution in [0.25, 0.3) is 10.8 Å². The lowest BCUT2D eigenvalue weighted by molar-refractivity contribution is -0.119. The first-order valence-corrected chi connectivity index (χ1v) is 8.47. The number of carbonyl (C=O) groups is 2. The van der Waals surface area contributed by atoms with E-state index in [-0.39, 0.29) is 23.2 Å². The number of halogens is 1. The van der Waals surface area contributed by atoms with Gasteiger partial charge in [-0.1, -0.05) is 24.3 Å². The number of hydrogen-bond acceptors (Lipinski definition) is 3. The molecule has 1 amide bonds. The summed E-state index contributed by atoms with van der Waals surface area (Å²) in [6.07, 6.45) is 4.60. The molecular formula is C21H17FN2O2. The summed E-state index contributed by atoms with van der Waals surface area (Å²) in [5.74, 6) is -1.34. The molecule has 1 fully saturated rings. The molecule has 2 aromatic carbocycles. The summed E-state index contributed by atoms with van der Waals surface area (Å²) < 4.78 is 13.9. The first kappa shape index (κ1) is 16.4. The van der Waals surface area contributed by atoms with Gasteiger partial charge in [-0.3, -0.25) is 14.6 Å². The van der Waals surface area contributed by atoms with Gasteiger partial charge in [0.05, 0.1) is 5.56 Å². The fraction of sp³-hybridized carbons (Fsp3) is 0.190. The van der Waals surface area contributed by atoms with Gasteiger partial charge in [0, 0.05) is 30.1 Å². The molecule has 2 N–H and O–H groups in total. The molecule has 2 atom stereocenters. The van der Waals surface area contributed by atoms with Crippen LogP contribution in [0.5, 0.6) is 0 Å². The molecule has 0 spiro atoms. The van der Waals surface area contributed by atoms with E-state index in [0.717, 1.165) is 21.9 Å². The third-order valence-electron chi connectivity index (χ3n) is 4.97. The fourth-order valence-electron chi connectivity index (χ4n) is 3.46. The number of nitrogens with zero attached hydrogens (tertiary/aromatic N) is 1. The van der Waals surface area contributed by atoms with Crippen molar-refractivity contribution >= 4 is 22.5 Å². The van der Waals surface area contributed by atoms with Crippen molar-refractivity contribution in [1.82, 2.24) is 4.98 Å². The second-order valence-corrected chi connectivity index (χ2v) is 6.75. The Morgan fingerprint density at radius 1 is 1.12 bits per heavy atom. The van der Waals surface area contributed by atoms with Crippen molar-refractivity contribution in [3.05, 3.63) is 77.4 Å². The molecule has 26 heavy (non-hydrogen) atoms. The van der Waals surface area contributed by atoms with Crippen LogP contribution in [-0.2, 0) is 11.2 Å². The van der Waals surface area contributed by atoms with E-state index in [1.165, 1.54) is 12.1 Å². The van der Waals surface area contributed by atoms with E-state index in [1.54, 1.807) is 18.5 Å². The molecule has 1 saturated carbocycles. The van der Waals surface area contributed by atoms with E-state index in [1.807, 2.05) is 24.3 Å². The smallest absolute Gasteiger partial charge is 0.251 e. The van der Waals surface area contributed by atoms with Gasteiger partial charge in [0.15, 0.2) is 0 Å². The molecule has 4 rings (SSSR count). The molecule has 130 valence electrons. The Bertz CT molecular complexity index is 1030. The molecule has 1 aromatic heterocycles. The number of amides is 1. The summed E-state index contributed by atoms with van der Waals surface area (Å²) >= 11 is 0. The highest BCUT2D eigenvalue weighted by molar-refractivity contribution is 5.93. The average Bonchev–Trinajstić information content (AvgIpc) is 3.42. The lowest BCUT2D eigenvalue weighted by atomic mass is 10.00. The normalized spacial score (nSPS) is 18.7. The molecule has 0 radical (unpaired) electrons. The topological polar surface area (TPSA) is 73.1 Å². The second-order valence-electron chi connectivity index (χ2n) is 6.75. The highest BCUT2D eigenvalue weighted by Crippen LogP contribution is 2.48. The molecule has 1 aliphatic carbocycles. The van der Waals surface area contributed by atoms with Crippen molar-refractivity contribution in [2.75, 3.05) is 0 Å². The van der Waals surface area contributed by atoms with E-state index in [4.69, 9.17) is 5.73 Å². The minimum atomic E-state index is -0.788. The van der Waals surface area contributed by atoms with Crippen LogP contribution in [-0.4, -0.2) is 16.7 Å². The maximum atomic E-state index is 13.9. The number of fused-ring (bicyclic) bond motifs is 1. The van der Waals surface area contributed by atoms with Gasteiger partial charge in [-0.2, -0.15) is 0 Å². The zero-order valence-electron chi connectivity index (χ0n) is 14.0. The maximum Gasteiger partial charge on any atom is 0.251 e. The number of pyridine rings is 1. The Hall–Kier alpha value is -3.08. The standard InChI is InChI=1S/C21H17FN2O2/c22-19-9-14(3-4-16(19)21(23)26)17-10-18(17)20(25)8-12-1-2-15-11-24-6-5-13(15)7-12/h1-7,9,11,17-18H,8,10H2,(H2,23,26)/t17-,18+/m0/s1. The number of carbonyl (C=O) groups excluding carboxylic acids is 2. The monoisotopic (exact) mass is 348 g/mol. The average molecular weight is 348 g/mol. The number of benzene rings is 2. The lowest BCUT2D eigenvalue weighted by Crippen LogP contribution is -2.13. The highest BCUT2D eigenvalue weighted by Gasteiger charge is 2.43. The predicted molar refractivity (Wildman–Crippen MR) is 96.2 cm³/mol. The van der Waals surface area contributed by atoms with Crippen molar-refractivity contribution < 1.29 is 14.0 Å². The summed E-state index contributed by atoms with van der Waals surface area (Å²) in [5.41, 5.74) is 6.71. The van der Waals surface area contributed by atoms with Crippen LogP contribution >= 0.6 is 0 Å². The van der Waals surface area contributed by atoms with Crippen LogP contribution in [0.2, 0.25) is 0 Å². The minimum absolute atomic E-state index is 0.0172. The SMILES string of the molecule is NC(=O)c1ccc([C@@H]2C[C@H]2C(=O)Cc2ccc3cnccc3c2)cc1F. The number of rotatable bonds is 5. The van der Waals surface area contributed by atoms with E-state index in [2.05, 4.69) is 4.98 Å². The van der Waals surface area contributed by atoms with Crippen LogP contribution in [0, 0.1) is 11.7 Å². The summed E-state index contributed by atoms with van der Waals surface area (Å²) in [7, 11) is 0. The molecule has 4 nitrogen and oxygen atoms in total. The number of aromatic nitrogens is 1. The third-order valence-corrected chi connectivity index (χ3v) is 4.97. The molecular weight excluding hydrogens is 331 g/mol. The Morgan fingerprint density at radius 2 is 1.96 bits per heavy atom. The summed E-state index contributed by atoms with van der Waals surface area (Å²) in [4.78, 5) is 27.8. The number of hydrogen-bond donors (Lipinski definition) is 1. The van der Waals surface area contributed by atoms with Gasteiger partial charge in [-0.05, 0) is 47.1 Å². The quantitative estimate of drug-likeness (QED) is 0.768. The van der Waals surface area contributed by atoms with Crippen molar-refractivity contribution in [3.8, 4) is 0 Å². The van der Waals surface area contributed by atoms with Crippen molar-refractivity contribution in [1.29, 1.82) is 0 Å². The van der Waals surface area contributed by atoms with E-state index in [0.29, 0.717) is 12.8 Å². The van der Waals surface area contributed by atoms with Crippen LogP contribution in [0.3, 0.4) is 0 Å². The molecule has 0 saturated heterocycles. The third kappa shape index (κ3) is 3.08. The molecule has 0 unspecified atom stereocenters. The fourth-order valence-corrected chi connectivity index (χ4v) is 3.46. The maximum absolute atomic E-state index is 13.9. The zero-order chi connectivity index (χ0) is 18.3. The van der Waals surface area contributed by atoms with Gasteiger partial charge < -0.3 is 5.73 Å². The molecule has 0 bridgehead atoms. The Morgan fingerprint density at radius 3 is 2.73 bits per heavy atom. The minimum Gasteiger partial charge on any atom is -0.366 e. The number of nitrogens with two attached hydrogens (primary N) is 1. The van der Waals surface area contributed by atoms with Gasteiger partial charge in [0.1, 0.15) is 11.6 Å². The van der Waals surface area contributed by atoms with Gasteiger partial charge in [-0.25, -0.2) is 4.39 Å². The lowest BCUT2D eigenvalue weighted by Gasteiger charge is -2.05. The number of ketones is 1. The summed E-state index contributed by atoms with van der Waals surface area (Å²) in [6.45, 7) is 0. The van der Waals surface area contributed by atoms with Crippen LogP contribution in [0.4, 0.5) is 4.39 Å². The van der Waals surface area contributed by atoms with Gasteiger partial charge in [0.25, 0.3) is 5.91 Å². The van der Waals surface area contributed by atoms with Gasteiger partial charge in [-0.15, -0.1) is 0 Å². The highest BCUT2D eigenvalue weighted by atomic mass is 19.1. The van der Waals surface area contributed by atoms with Crippen molar-refractivity contribution in [2.45, 2.75) is 18.8 Å². The van der Waals surface area contributed by atoms with E-state index >= 15 is 0 Å². The van der Waals surface area contributed by atoms with E-state index < -0.39 is 11.7 Å². The predicted octanol–water partition coefficient (Wildman–Crippen LogP) is 3.39. The first-order valence-electron chi connectivity index (χ1n) is 8.47. The summed E-state index contributed by atoms with van der Waals surface area (Å²) in [6, 6.07) is 12.2. The number of Topliss-reactive ketones (excluding diaryl/α,β-unsaturated/α-hetero) is 1. The van der Waals surface area contributed by atoms with Gasteiger partial charge in [0.2, 0.25) is 0 Å². The van der Waals surface area contributed by atoms with Crippen LogP contribution in [0.15, 0.2) is 54.9 Å². The molecule has 3 aromatic rings. The van der Waals surface area contributed by atoms with Crippen molar-refractivity contribution in [2.24, 2.45) is 11.7 Å². The Labute approximate surface area is 149 Å². The van der Waals surface area contributed by atoms with Crippen LogP contribution < -0.4 is 5.73 Å². The molecule has 1 heterocycles. The molecule has 1 aliphatic rings. The Kier molecular flexibility index (Phi) is 3.99. The van der Waals surface area contributed by atoms with Gasteiger partial charge >= 0.3 is 0 Å². The first-order chi connectivity index (χ1) is 12.5. The Balaban J connectivity index is 1.46. The van der Waals surface area contributed by atoms with Crippen molar-refractivity contribution in [3.63, 3.8) is 0 Å². The summed E-state index contributed by atoms with van der Waals surface area (Å²) in [5, 5.41) is 2.10. The van der Waals surface area contributed by atoms with Crippen LogP contribution in [0.1, 0.15) is 33.8 Å². The molecule has 5 heteroatoms.